The smallest absolute Gasteiger partial charge is 0.220 e. The van der Waals surface area contributed by atoms with Crippen molar-refractivity contribution in [1.29, 1.82) is 0 Å². The third kappa shape index (κ3) is 24.5. The van der Waals surface area contributed by atoms with Crippen LogP contribution in [-0.4, -0.2) is 145 Å². The lowest BCUT2D eigenvalue weighted by Gasteiger charge is -2.27. The summed E-state index contributed by atoms with van der Waals surface area (Å²) in [5.74, 6) is 6.03. The highest BCUT2D eigenvalue weighted by molar-refractivity contribution is 7.71. The lowest BCUT2D eigenvalue weighted by molar-refractivity contribution is -0.120. The van der Waals surface area contributed by atoms with Crippen LogP contribution in [0.25, 0.3) is 33.5 Å². The van der Waals surface area contributed by atoms with E-state index in [4.69, 9.17) is 85.4 Å². The lowest BCUT2D eigenvalue weighted by Crippen LogP contribution is -2.20. The minimum absolute atomic E-state index is 0.00853. The van der Waals surface area contributed by atoms with Crippen LogP contribution in [0.2, 0.25) is 15.3 Å². The number of benzene rings is 4. The number of halogens is 3. The van der Waals surface area contributed by atoms with E-state index in [0.717, 1.165) is 234 Å². The molecular formula is C106H135Cl3N16O10P4. The Morgan fingerprint density at radius 2 is 0.727 bits per heavy atom. The van der Waals surface area contributed by atoms with Gasteiger partial charge in [-0.05, 0) is 341 Å². The molecule has 0 radical (unpaired) electrons. The molecule has 11 heterocycles. The molecule has 7 N–H and O–H groups in total. The number of amides is 1. The molecule has 3 atom stereocenters. The number of nitrogens with one attached hydrogen (secondary N) is 3. The first kappa shape index (κ1) is 102. The number of carbonyl (C=O) groups excluding carboxylic acids is 3. The fraction of sp³-hybridized carbons (Fsp3) is 0.519. The van der Waals surface area contributed by atoms with Crippen LogP contribution in [0.3, 0.4) is 0 Å². The number of aromatic nitrogens is 10. The number of ether oxygens (including phenoxy) is 3. The number of aryl methyl sites for hydroxylation is 3. The van der Waals surface area contributed by atoms with Gasteiger partial charge in [-0.2, -0.15) is 0 Å². The van der Waals surface area contributed by atoms with E-state index in [1.54, 1.807) is 25.5 Å². The van der Waals surface area contributed by atoms with Crippen molar-refractivity contribution in [3.05, 3.63) is 169 Å². The molecule has 3 unspecified atom stereocenters. The number of anilines is 7. The average molecular weight is 2020 g/mol. The van der Waals surface area contributed by atoms with Crippen molar-refractivity contribution in [1.82, 2.24) is 48.6 Å². The Kier molecular flexibility index (Phi) is 31.5. The summed E-state index contributed by atoms with van der Waals surface area (Å²) in [4.78, 5) is 72.7. The first-order valence-corrected chi connectivity index (χ1v) is 61.6. The molecule has 7 aliphatic carbocycles. The Morgan fingerprint density at radius 3 is 1.09 bits per heavy atom. The summed E-state index contributed by atoms with van der Waals surface area (Å²) >= 11 is 18.6. The predicted molar refractivity (Wildman–Crippen MR) is 567 cm³/mol. The molecule has 10 fully saturated rings. The molecule has 139 heavy (non-hydrogen) atoms. The number of nitrogen functional groups attached to an aromatic ring is 1. The van der Waals surface area contributed by atoms with Gasteiger partial charge in [-0.3, -0.25) is 38.1 Å². The Morgan fingerprint density at radius 1 is 0.381 bits per heavy atom. The van der Waals surface area contributed by atoms with Crippen LogP contribution in [0.5, 0.6) is 0 Å². The monoisotopic (exact) mass is 2020 g/mol. The predicted octanol–water partition coefficient (Wildman–Crippen LogP) is 24.5. The number of aliphatic imine (C=N–C) groups is 1. The Balaban J connectivity index is 0.000000122. The molecule has 4 aromatic carbocycles. The number of ketones is 2. The summed E-state index contributed by atoms with van der Waals surface area (Å²) in [6.45, 7) is 24.7. The number of hydrogen-bond acceptors (Lipinski definition) is 22. The first-order valence-electron chi connectivity index (χ1n) is 50.1. The van der Waals surface area contributed by atoms with E-state index in [9.17, 15) is 32.6 Å². The highest BCUT2D eigenvalue weighted by atomic mass is 35.5. The van der Waals surface area contributed by atoms with Crippen LogP contribution in [0.1, 0.15) is 279 Å². The van der Waals surface area contributed by atoms with Crippen LogP contribution in [-0.2, 0) is 66.1 Å². The molecule has 1 amide bonds. The Labute approximate surface area is 831 Å². The third-order valence-electron chi connectivity index (χ3n) is 28.9. The van der Waals surface area contributed by atoms with Crippen LogP contribution >= 0.6 is 63.4 Å². The topological polar surface area (TPSA) is 353 Å². The Hall–Kier alpha value is -8.76. The second-order valence-corrected chi connectivity index (χ2v) is 55.5. The number of fused-ring (bicyclic) bond motifs is 4. The van der Waals surface area contributed by atoms with Crippen molar-refractivity contribution in [3.8, 4) is 0 Å². The first-order chi connectivity index (χ1) is 66.3. The number of imidazole rings is 3. The number of nitrogens with two attached hydrogens (primary N) is 2. The van der Waals surface area contributed by atoms with Crippen LogP contribution in [0.15, 0.2) is 102 Å². The van der Waals surface area contributed by atoms with Crippen molar-refractivity contribution in [2.45, 2.75) is 263 Å². The molecule has 0 spiro atoms. The summed E-state index contributed by atoms with van der Waals surface area (Å²) in [5, 5.41) is 15.4. The summed E-state index contributed by atoms with van der Waals surface area (Å²) in [6, 6.07) is 32.5. The van der Waals surface area contributed by atoms with Crippen molar-refractivity contribution in [2.24, 2.45) is 28.5 Å². The minimum Gasteiger partial charge on any atom is -0.398 e. The lowest BCUT2D eigenvalue weighted by atomic mass is 9.80. The van der Waals surface area contributed by atoms with Gasteiger partial charge in [0.25, 0.3) is 0 Å². The second-order valence-electron chi connectivity index (χ2n) is 41.6. The molecule has 11 aromatic rings. The van der Waals surface area contributed by atoms with E-state index in [2.05, 4.69) is 107 Å². The number of pyridine rings is 4. The summed E-state index contributed by atoms with van der Waals surface area (Å²) in [7, 11) is -9.77. The molecule has 33 heteroatoms. The van der Waals surface area contributed by atoms with Crippen LogP contribution in [0, 0.1) is 38.5 Å². The second kappa shape index (κ2) is 43.0. The minimum atomic E-state index is -2.55. The molecule has 7 aromatic heterocycles. The van der Waals surface area contributed by atoms with Crippen LogP contribution in [0.4, 0.5) is 45.5 Å². The highest BCUT2D eigenvalue weighted by Gasteiger charge is 2.37. The average Bonchev–Trinajstić information content (AvgIpc) is 1.63. The van der Waals surface area contributed by atoms with Gasteiger partial charge >= 0.3 is 0 Å². The van der Waals surface area contributed by atoms with Gasteiger partial charge < -0.3 is 59.9 Å². The molecule has 22 rings (SSSR count). The molecule has 0 bridgehead atoms. The van der Waals surface area contributed by atoms with Gasteiger partial charge in [-0.1, -0.05) is 84.8 Å². The summed E-state index contributed by atoms with van der Waals surface area (Å²) < 4.78 is 75.8. The normalized spacial score (nSPS) is 19.6. The quantitative estimate of drug-likeness (QED) is 0.0213. The van der Waals surface area contributed by atoms with E-state index < -0.39 is 28.6 Å². The van der Waals surface area contributed by atoms with Gasteiger partial charge in [0.15, 0.2) is 16.9 Å². The summed E-state index contributed by atoms with van der Waals surface area (Å²) in [5.41, 5.74) is 30.2. The molecule has 740 valence electrons. The molecule has 11 aliphatic rings. The molecular weight excluding hydrogens is 1890 g/mol. The number of Topliss-reactive ketones (excluding diaryl/α,β-unsaturated/α-hetero) is 2. The summed E-state index contributed by atoms with van der Waals surface area (Å²) in [6.07, 6.45) is 31.6. The number of nitrogens with zero attached hydrogens (tertiary/aromatic N) is 11. The van der Waals surface area contributed by atoms with Crippen LogP contribution < -0.4 is 48.6 Å². The van der Waals surface area contributed by atoms with Gasteiger partial charge in [0, 0.05) is 113 Å². The standard InChI is InChI=1S/C29H37N4O3P.C25H30N3O2P.C24H30ClN4O2P.C12H13Cl2N3O.C12H18NOP.C4H7NO/c1-18-30-28-24(32-23-13-12-21(19-7-6-8-19)15-26(23)37(2,3)35)16-22(17-25(34)20-10-11-20)31-29(28)33(18)27-9-4-5-14-36-27;1-15-11-21-25(26-15)22(13-19(27-21)14-23(29)17-7-8-17)28-20-10-9-18(16-5-4-6-16)12-24(20)31(2,3)30;1-15-26-23-19(14-21(25)28-24(23)29(15)22-9-4-5-12-31-22)27-18-11-10-17(16-7-6-8-16)13-20(18)32(2,3)30;1-7-15-11-8(13)6-9(14)16-12(11)17(7)10-4-2-3-5-18-10;1-15(2,14)12-8-10(6-7-11(12)13)9-4-3-5-9;5-4(6)3-1-2-3/h12-13,15-16,19-20,27H,4-11,14,17H2,1-3H3,(H,31,32);9-10,12-13,16-17H,4-8,11,14H2,1-3H3,(H,27,28);10-11,13-14,16,22H,4-9,12H2,1-3H3,(H,27,28);6,10H,2-5H2,1H3;6-9H,3-5,13H2,1-2H3;3H,1-2H2,(H2,5,6). The van der Waals surface area contributed by atoms with E-state index in [0.29, 0.717) is 80.8 Å². The van der Waals surface area contributed by atoms with Gasteiger partial charge in [0.1, 0.15) is 109 Å². The number of hydrogen-bond donors (Lipinski definition) is 5. The maximum atomic E-state index is 13.4. The van der Waals surface area contributed by atoms with E-state index >= 15 is 0 Å². The molecule has 7 saturated carbocycles. The highest BCUT2D eigenvalue weighted by Crippen LogP contribution is 2.50. The zero-order valence-electron chi connectivity index (χ0n) is 82.4. The molecule has 3 saturated heterocycles. The fourth-order valence-corrected chi connectivity index (χ4v) is 25.0. The van der Waals surface area contributed by atoms with Crippen molar-refractivity contribution >= 4 is 187 Å². The van der Waals surface area contributed by atoms with Crippen molar-refractivity contribution in [3.63, 3.8) is 0 Å². The van der Waals surface area contributed by atoms with Gasteiger partial charge in [0.2, 0.25) is 5.91 Å². The fourth-order valence-electron chi connectivity index (χ4n) is 19.7. The van der Waals surface area contributed by atoms with Crippen molar-refractivity contribution in [2.75, 3.05) is 94.8 Å². The zero-order chi connectivity index (χ0) is 98.3. The number of carbonyl (C=O) groups is 3. The third-order valence-corrected chi connectivity index (χ3v) is 35.7. The maximum absolute atomic E-state index is 13.4. The van der Waals surface area contributed by atoms with Crippen molar-refractivity contribution < 1.29 is 46.9 Å². The number of rotatable bonds is 24. The largest absolute Gasteiger partial charge is 0.398 e. The van der Waals surface area contributed by atoms with Gasteiger partial charge in [0.05, 0.1) is 39.2 Å². The SMILES string of the molecule is CC1=Nc2c(Nc3ccc(C4CCC4)cc3P(C)(C)=O)cc(CC(=O)C3CC3)nc2C1.CP(C)(=O)c1cc(C2CCC2)ccc1N.Cc1nc2c(Cl)cc(Cl)nc2n1C1CCCCO1.Cc1nc2c(Nc3ccc(C4CCC4)cc3P(C)(C)=O)cc(CC(=O)C3CC3)nc2n1C1CCCCO1.Cc1nc2c(Nc3ccc(C4CCC4)cc3P(C)(C)=O)cc(Cl)nc2n1C1CCCCO1.NC(=O)C1CC1. The van der Waals surface area contributed by atoms with E-state index in [1.165, 1.54) is 99.3 Å². The zero-order valence-corrected chi connectivity index (χ0v) is 88.3. The van der Waals surface area contributed by atoms with Gasteiger partial charge in [-0.15, -0.1) is 0 Å². The van der Waals surface area contributed by atoms with E-state index in [1.807, 2.05) is 90.5 Å². The Bertz CT molecular complexity index is 6710. The molecule has 4 aliphatic heterocycles. The maximum Gasteiger partial charge on any atom is 0.220 e. The van der Waals surface area contributed by atoms with E-state index in [-0.39, 0.29) is 53.9 Å². The molecule has 26 nitrogen and oxygen atoms in total. The number of primary amides is 1. The van der Waals surface area contributed by atoms with Gasteiger partial charge in [-0.25, -0.2) is 29.9 Å².